The van der Waals surface area contributed by atoms with Crippen LogP contribution in [0.2, 0.25) is 5.02 Å². The molecule has 100 valence electrons. The summed E-state index contributed by atoms with van der Waals surface area (Å²) in [5.74, 6) is -0.132. The van der Waals surface area contributed by atoms with E-state index in [0.29, 0.717) is 11.5 Å². The summed E-state index contributed by atoms with van der Waals surface area (Å²) in [5, 5.41) is 10.0. The Morgan fingerprint density at radius 1 is 1.33 bits per heavy atom. The highest BCUT2D eigenvalue weighted by Gasteiger charge is 2.28. The van der Waals surface area contributed by atoms with E-state index in [9.17, 15) is 9.90 Å². The smallest absolute Gasteiger partial charge is 0.339 e. The Labute approximate surface area is 110 Å². The average Bonchev–Trinajstić information content (AvgIpc) is 2.36. The first-order chi connectivity index (χ1) is 8.47. The molecule has 0 saturated carbocycles. The van der Waals surface area contributed by atoms with E-state index in [0.717, 1.165) is 5.56 Å². The van der Waals surface area contributed by atoms with Crippen LogP contribution in [0.25, 0.3) is 0 Å². The van der Waals surface area contributed by atoms with Gasteiger partial charge in [0.15, 0.2) is 6.10 Å². The van der Waals surface area contributed by atoms with Crippen LogP contribution in [0, 0.1) is 6.92 Å². The molecule has 1 unspecified atom stereocenters. The van der Waals surface area contributed by atoms with Gasteiger partial charge in [-0.25, -0.2) is 4.79 Å². The van der Waals surface area contributed by atoms with Crippen molar-refractivity contribution in [3.05, 3.63) is 22.2 Å². The van der Waals surface area contributed by atoms with Gasteiger partial charge in [0.25, 0.3) is 0 Å². The van der Waals surface area contributed by atoms with E-state index in [1.54, 1.807) is 13.0 Å². The predicted octanol–water partition coefficient (Wildman–Crippen LogP) is 1.87. The van der Waals surface area contributed by atoms with Gasteiger partial charge < -0.3 is 19.3 Å². The Morgan fingerprint density at radius 2 is 1.94 bits per heavy atom. The third kappa shape index (κ3) is 2.52. The molecule has 0 bridgehead atoms. The lowest BCUT2D eigenvalue weighted by Gasteiger charge is -2.18. The van der Waals surface area contributed by atoms with E-state index in [-0.39, 0.29) is 10.6 Å². The minimum Gasteiger partial charge on any atom is -0.496 e. The highest BCUT2D eigenvalue weighted by Crippen LogP contribution is 2.41. The van der Waals surface area contributed by atoms with Crippen molar-refractivity contribution in [1.29, 1.82) is 0 Å². The van der Waals surface area contributed by atoms with Crippen molar-refractivity contribution in [2.75, 3.05) is 21.3 Å². The third-order valence-corrected chi connectivity index (χ3v) is 2.90. The maximum absolute atomic E-state index is 11.4. The number of carbonyl (C=O) groups excluding carboxylic acids is 1. The number of halogens is 1. The first-order valence-corrected chi connectivity index (χ1v) is 5.52. The number of rotatable bonds is 4. The van der Waals surface area contributed by atoms with Gasteiger partial charge in [-0.2, -0.15) is 0 Å². The molecular formula is C12H15ClO5. The number of esters is 1. The molecule has 18 heavy (non-hydrogen) atoms. The lowest BCUT2D eigenvalue weighted by molar-refractivity contribution is -0.150. The molecule has 0 aromatic heterocycles. The molecular weight excluding hydrogens is 260 g/mol. The first kappa shape index (κ1) is 14.6. The second kappa shape index (κ2) is 5.93. The molecule has 1 aromatic carbocycles. The molecule has 1 aromatic rings. The Hall–Kier alpha value is -1.46. The second-order valence-corrected chi connectivity index (χ2v) is 3.96. The number of benzene rings is 1. The van der Waals surface area contributed by atoms with Gasteiger partial charge >= 0.3 is 5.97 Å². The highest BCUT2D eigenvalue weighted by molar-refractivity contribution is 6.33. The van der Waals surface area contributed by atoms with Crippen molar-refractivity contribution in [3.63, 3.8) is 0 Å². The summed E-state index contributed by atoms with van der Waals surface area (Å²) in [7, 11) is 4.05. The molecule has 6 heteroatoms. The third-order valence-electron chi connectivity index (χ3n) is 2.53. The molecule has 0 amide bonds. The van der Waals surface area contributed by atoms with Gasteiger partial charge in [0.1, 0.15) is 11.5 Å². The standard InChI is InChI=1S/C12H15ClO5/c1-6-5-7(16-2)8(9(13)11(6)17-3)10(14)12(15)18-4/h5,10,14H,1-4H3. The fraction of sp³-hybridized carbons (Fsp3) is 0.417. The van der Waals surface area contributed by atoms with Crippen LogP contribution in [0.3, 0.4) is 0 Å². The molecule has 0 saturated heterocycles. The monoisotopic (exact) mass is 274 g/mol. The number of aryl methyl sites for hydroxylation is 1. The Balaban J connectivity index is 3.45. The van der Waals surface area contributed by atoms with E-state index >= 15 is 0 Å². The van der Waals surface area contributed by atoms with Crippen molar-refractivity contribution >= 4 is 17.6 Å². The maximum atomic E-state index is 11.4. The fourth-order valence-electron chi connectivity index (χ4n) is 1.65. The fourth-order valence-corrected chi connectivity index (χ4v) is 2.07. The summed E-state index contributed by atoms with van der Waals surface area (Å²) in [5.41, 5.74) is 0.869. The molecule has 0 radical (unpaired) electrons. The summed E-state index contributed by atoms with van der Waals surface area (Å²) >= 11 is 6.12. The van der Waals surface area contributed by atoms with Crippen molar-refractivity contribution < 1.29 is 24.1 Å². The Kier molecular flexibility index (Phi) is 4.81. The van der Waals surface area contributed by atoms with Crippen LogP contribution < -0.4 is 9.47 Å². The van der Waals surface area contributed by atoms with Crippen LogP contribution in [0.4, 0.5) is 0 Å². The van der Waals surface area contributed by atoms with Gasteiger partial charge in [0, 0.05) is 0 Å². The molecule has 0 fully saturated rings. The maximum Gasteiger partial charge on any atom is 0.339 e. The van der Waals surface area contributed by atoms with Gasteiger partial charge in [-0.1, -0.05) is 11.6 Å². The molecule has 1 atom stereocenters. The van der Waals surface area contributed by atoms with Gasteiger partial charge in [0.05, 0.1) is 31.9 Å². The number of methoxy groups -OCH3 is 3. The summed E-state index contributed by atoms with van der Waals surface area (Å²) < 4.78 is 14.7. The number of aliphatic hydroxyl groups is 1. The van der Waals surface area contributed by atoms with Crippen molar-refractivity contribution in [2.24, 2.45) is 0 Å². The zero-order chi connectivity index (χ0) is 13.9. The van der Waals surface area contributed by atoms with Crippen LogP contribution in [-0.4, -0.2) is 32.4 Å². The van der Waals surface area contributed by atoms with Crippen LogP contribution >= 0.6 is 11.6 Å². The molecule has 5 nitrogen and oxygen atoms in total. The minimum atomic E-state index is -1.52. The SMILES string of the molecule is COC(=O)C(O)c1c(OC)cc(C)c(OC)c1Cl. The second-order valence-electron chi connectivity index (χ2n) is 3.58. The molecule has 0 aliphatic heterocycles. The number of hydrogen-bond donors (Lipinski definition) is 1. The normalized spacial score (nSPS) is 11.9. The van der Waals surface area contributed by atoms with Crippen molar-refractivity contribution in [2.45, 2.75) is 13.0 Å². The molecule has 1 N–H and O–H groups in total. The predicted molar refractivity (Wildman–Crippen MR) is 66.3 cm³/mol. The number of ether oxygens (including phenoxy) is 3. The van der Waals surface area contributed by atoms with E-state index in [2.05, 4.69) is 4.74 Å². The average molecular weight is 275 g/mol. The van der Waals surface area contributed by atoms with Gasteiger partial charge in [0.2, 0.25) is 0 Å². The van der Waals surface area contributed by atoms with Crippen LogP contribution in [-0.2, 0) is 9.53 Å². The number of hydrogen-bond acceptors (Lipinski definition) is 5. The lowest BCUT2D eigenvalue weighted by atomic mass is 10.0. The van der Waals surface area contributed by atoms with E-state index in [1.807, 2.05) is 0 Å². The van der Waals surface area contributed by atoms with E-state index in [1.165, 1.54) is 21.3 Å². The van der Waals surface area contributed by atoms with Crippen molar-refractivity contribution in [1.82, 2.24) is 0 Å². The largest absolute Gasteiger partial charge is 0.496 e. The lowest BCUT2D eigenvalue weighted by Crippen LogP contribution is -2.15. The van der Waals surface area contributed by atoms with Gasteiger partial charge in [-0.05, 0) is 18.6 Å². The summed E-state index contributed by atoms with van der Waals surface area (Å²) in [6.07, 6.45) is -1.52. The summed E-state index contributed by atoms with van der Waals surface area (Å²) in [6.45, 7) is 1.78. The highest BCUT2D eigenvalue weighted by atomic mass is 35.5. The van der Waals surface area contributed by atoms with Crippen LogP contribution in [0.5, 0.6) is 11.5 Å². The zero-order valence-corrected chi connectivity index (χ0v) is 11.4. The van der Waals surface area contributed by atoms with Crippen LogP contribution in [0.1, 0.15) is 17.2 Å². The van der Waals surface area contributed by atoms with Gasteiger partial charge in [-0.3, -0.25) is 0 Å². The molecule has 0 heterocycles. The molecule has 0 aliphatic rings. The Bertz CT molecular complexity index is 458. The van der Waals surface area contributed by atoms with Crippen molar-refractivity contribution in [3.8, 4) is 11.5 Å². The zero-order valence-electron chi connectivity index (χ0n) is 10.6. The molecule has 0 aliphatic carbocycles. The quantitative estimate of drug-likeness (QED) is 0.849. The Morgan fingerprint density at radius 3 is 2.39 bits per heavy atom. The topological polar surface area (TPSA) is 65.0 Å². The summed E-state index contributed by atoms with van der Waals surface area (Å²) in [6, 6.07) is 1.63. The van der Waals surface area contributed by atoms with E-state index < -0.39 is 12.1 Å². The van der Waals surface area contributed by atoms with Gasteiger partial charge in [-0.15, -0.1) is 0 Å². The molecule has 1 rings (SSSR count). The summed E-state index contributed by atoms with van der Waals surface area (Å²) in [4.78, 5) is 11.4. The number of aliphatic hydroxyl groups excluding tert-OH is 1. The first-order valence-electron chi connectivity index (χ1n) is 5.14. The van der Waals surface area contributed by atoms with Crippen LogP contribution in [0.15, 0.2) is 6.07 Å². The number of carbonyl (C=O) groups is 1. The van der Waals surface area contributed by atoms with E-state index in [4.69, 9.17) is 21.1 Å². The molecule has 0 spiro atoms. The minimum absolute atomic E-state index is 0.132.